The molecule has 1 aromatic heterocycles. The Balaban J connectivity index is 1.44. The van der Waals surface area contributed by atoms with E-state index in [0.717, 1.165) is 37.9 Å². The van der Waals surface area contributed by atoms with E-state index in [1.54, 1.807) is 30.5 Å². The van der Waals surface area contributed by atoms with E-state index in [1.807, 2.05) is 12.3 Å². The Hall–Kier alpha value is -2.53. The van der Waals surface area contributed by atoms with Gasteiger partial charge in [0.15, 0.2) is 0 Å². The molecular weight excluding hydrogens is 341 g/mol. The molecule has 3 aliphatic heterocycles. The predicted molar refractivity (Wildman–Crippen MR) is 103 cm³/mol. The molecule has 0 saturated carbocycles. The molecule has 0 radical (unpaired) electrons. The first-order valence-electron chi connectivity index (χ1n) is 9.56. The van der Waals surface area contributed by atoms with E-state index in [2.05, 4.69) is 21.3 Å². The van der Waals surface area contributed by atoms with Crippen LogP contribution in [0.5, 0.6) is 0 Å². The Labute approximate surface area is 159 Å². The third-order valence-electron chi connectivity index (χ3n) is 5.74. The average Bonchev–Trinajstić information content (AvgIpc) is 2.71. The van der Waals surface area contributed by atoms with E-state index in [4.69, 9.17) is 0 Å². The second kappa shape index (κ2) is 8.01. The van der Waals surface area contributed by atoms with Gasteiger partial charge in [0.05, 0.1) is 0 Å². The zero-order chi connectivity index (χ0) is 18.6. The Kier molecular flexibility index (Phi) is 5.30. The molecule has 3 saturated heterocycles. The molecule has 2 unspecified atom stereocenters. The Morgan fingerprint density at radius 2 is 2.00 bits per heavy atom. The van der Waals surface area contributed by atoms with Crippen LogP contribution in [-0.4, -0.2) is 41.0 Å². The number of aromatic nitrogens is 1. The fraction of sp³-hybridized carbons (Fsp3) is 0.364. The first kappa shape index (κ1) is 17.9. The number of hydrogen-bond acceptors (Lipinski definition) is 3. The van der Waals surface area contributed by atoms with Crippen LogP contribution >= 0.6 is 0 Å². The number of carbonyl (C=O) groups is 1. The van der Waals surface area contributed by atoms with Gasteiger partial charge in [-0.25, -0.2) is 4.39 Å². The summed E-state index contributed by atoms with van der Waals surface area (Å²) in [6.45, 7) is 2.21. The highest BCUT2D eigenvalue weighted by molar-refractivity contribution is 5.92. The maximum absolute atomic E-state index is 13.0. The number of halogens is 1. The lowest BCUT2D eigenvalue weighted by atomic mass is 9.77. The van der Waals surface area contributed by atoms with E-state index < -0.39 is 0 Å². The van der Waals surface area contributed by atoms with Crippen molar-refractivity contribution in [3.63, 3.8) is 0 Å². The van der Waals surface area contributed by atoms with E-state index >= 15 is 0 Å². The molecule has 3 aliphatic rings. The molecule has 0 aliphatic carbocycles. The number of rotatable bonds is 5. The first-order chi connectivity index (χ1) is 13.2. The van der Waals surface area contributed by atoms with Crippen molar-refractivity contribution >= 4 is 12.0 Å². The van der Waals surface area contributed by atoms with Gasteiger partial charge in [-0.3, -0.25) is 14.7 Å². The van der Waals surface area contributed by atoms with Crippen LogP contribution in [0.3, 0.4) is 0 Å². The Morgan fingerprint density at radius 3 is 2.70 bits per heavy atom. The van der Waals surface area contributed by atoms with Gasteiger partial charge in [0.25, 0.3) is 0 Å². The van der Waals surface area contributed by atoms with Crippen LogP contribution in [0, 0.1) is 11.7 Å². The summed E-state index contributed by atoms with van der Waals surface area (Å²) in [5.74, 6) is 0.163. The molecule has 4 heterocycles. The lowest BCUT2D eigenvalue weighted by Crippen LogP contribution is -2.64. The fourth-order valence-corrected chi connectivity index (χ4v) is 4.34. The standard InChI is InChI=1S/C22H24FN3O/c23-19-6-3-16(4-7-19)5-8-21(27)25-22-18-9-12-26(13-10-18)20(22)14-17-2-1-11-24-15-17/h1-8,11,15,18,20,22H,9-10,12-14H2,(H,25,27). The second-order valence-electron chi connectivity index (χ2n) is 7.43. The molecule has 5 heteroatoms. The van der Waals surface area contributed by atoms with Gasteiger partial charge >= 0.3 is 0 Å². The summed E-state index contributed by atoms with van der Waals surface area (Å²) in [7, 11) is 0. The van der Waals surface area contributed by atoms with Crippen molar-refractivity contribution in [2.45, 2.75) is 31.3 Å². The van der Waals surface area contributed by atoms with Crippen molar-refractivity contribution in [3.05, 3.63) is 71.8 Å². The number of amides is 1. The van der Waals surface area contributed by atoms with Crippen molar-refractivity contribution in [2.24, 2.45) is 5.92 Å². The summed E-state index contributed by atoms with van der Waals surface area (Å²) >= 11 is 0. The lowest BCUT2D eigenvalue weighted by molar-refractivity contribution is -0.119. The van der Waals surface area contributed by atoms with E-state index in [9.17, 15) is 9.18 Å². The highest BCUT2D eigenvalue weighted by Crippen LogP contribution is 2.33. The van der Waals surface area contributed by atoms with Crippen LogP contribution in [0.4, 0.5) is 4.39 Å². The number of nitrogens with zero attached hydrogens (tertiary/aromatic N) is 2. The Morgan fingerprint density at radius 1 is 1.22 bits per heavy atom. The lowest BCUT2D eigenvalue weighted by Gasteiger charge is -2.51. The SMILES string of the molecule is O=C(C=Cc1ccc(F)cc1)NC1C2CCN(CC2)C1Cc1cccnc1. The summed E-state index contributed by atoms with van der Waals surface area (Å²) in [6, 6.07) is 10.7. The average molecular weight is 365 g/mol. The molecule has 1 aromatic carbocycles. The molecule has 1 N–H and O–H groups in total. The van der Waals surface area contributed by atoms with Crippen LogP contribution in [0.25, 0.3) is 6.08 Å². The normalized spacial score (nSPS) is 27.0. The van der Waals surface area contributed by atoms with Crippen LogP contribution in [0.2, 0.25) is 0 Å². The van der Waals surface area contributed by atoms with Crippen LogP contribution in [-0.2, 0) is 11.2 Å². The minimum Gasteiger partial charge on any atom is -0.348 e. The maximum Gasteiger partial charge on any atom is 0.244 e. The van der Waals surface area contributed by atoms with Crippen molar-refractivity contribution in [1.82, 2.24) is 15.2 Å². The number of piperidine rings is 3. The van der Waals surface area contributed by atoms with Gasteiger partial charge < -0.3 is 5.32 Å². The van der Waals surface area contributed by atoms with Gasteiger partial charge in [-0.2, -0.15) is 0 Å². The van der Waals surface area contributed by atoms with Gasteiger partial charge in [-0.1, -0.05) is 18.2 Å². The number of carbonyl (C=O) groups excluding carboxylic acids is 1. The molecule has 0 spiro atoms. The summed E-state index contributed by atoms with van der Waals surface area (Å²) in [6.07, 6.45) is 10.1. The molecule has 2 bridgehead atoms. The topological polar surface area (TPSA) is 45.2 Å². The number of pyridine rings is 1. The molecule has 1 amide bonds. The molecule has 27 heavy (non-hydrogen) atoms. The van der Waals surface area contributed by atoms with Crippen LogP contribution in [0.1, 0.15) is 24.0 Å². The maximum atomic E-state index is 13.0. The molecule has 2 atom stereocenters. The highest BCUT2D eigenvalue weighted by atomic mass is 19.1. The van der Waals surface area contributed by atoms with Gasteiger partial charge in [-0.15, -0.1) is 0 Å². The smallest absolute Gasteiger partial charge is 0.244 e. The van der Waals surface area contributed by atoms with E-state index in [-0.39, 0.29) is 17.8 Å². The molecule has 3 fully saturated rings. The summed E-state index contributed by atoms with van der Waals surface area (Å²) in [4.78, 5) is 19.2. The van der Waals surface area contributed by atoms with Gasteiger partial charge in [0.2, 0.25) is 5.91 Å². The first-order valence-corrected chi connectivity index (χ1v) is 9.56. The van der Waals surface area contributed by atoms with Crippen molar-refractivity contribution < 1.29 is 9.18 Å². The highest BCUT2D eigenvalue weighted by Gasteiger charge is 2.42. The third kappa shape index (κ3) is 4.25. The number of fused-ring (bicyclic) bond motifs is 3. The number of benzene rings is 1. The second-order valence-corrected chi connectivity index (χ2v) is 7.43. The molecular formula is C22H24FN3O. The molecule has 2 aromatic rings. The zero-order valence-corrected chi connectivity index (χ0v) is 15.2. The van der Waals surface area contributed by atoms with E-state index in [1.165, 1.54) is 17.7 Å². The number of nitrogens with one attached hydrogen (secondary N) is 1. The minimum atomic E-state index is -0.276. The van der Waals surface area contributed by atoms with Crippen molar-refractivity contribution in [2.75, 3.05) is 13.1 Å². The molecule has 4 nitrogen and oxygen atoms in total. The van der Waals surface area contributed by atoms with Gasteiger partial charge in [0.1, 0.15) is 5.82 Å². The summed E-state index contributed by atoms with van der Waals surface area (Å²) < 4.78 is 13.0. The zero-order valence-electron chi connectivity index (χ0n) is 15.2. The van der Waals surface area contributed by atoms with Gasteiger partial charge in [0, 0.05) is 30.6 Å². The minimum absolute atomic E-state index is 0.0886. The van der Waals surface area contributed by atoms with Crippen molar-refractivity contribution in [1.29, 1.82) is 0 Å². The number of hydrogen-bond donors (Lipinski definition) is 1. The van der Waals surface area contributed by atoms with Gasteiger partial charge in [-0.05, 0) is 73.7 Å². The fourth-order valence-electron chi connectivity index (χ4n) is 4.34. The van der Waals surface area contributed by atoms with Crippen molar-refractivity contribution in [3.8, 4) is 0 Å². The van der Waals surface area contributed by atoms with Crippen LogP contribution in [0.15, 0.2) is 54.9 Å². The monoisotopic (exact) mass is 365 g/mol. The third-order valence-corrected chi connectivity index (χ3v) is 5.74. The quantitative estimate of drug-likeness (QED) is 0.829. The predicted octanol–water partition coefficient (Wildman–Crippen LogP) is 3.06. The Bertz CT molecular complexity index is 798. The molecule has 140 valence electrons. The summed E-state index contributed by atoms with van der Waals surface area (Å²) in [5, 5.41) is 3.24. The van der Waals surface area contributed by atoms with Crippen LogP contribution < -0.4 is 5.32 Å². The molecule has 5 rings (SSSR count). The largest absolute Gasteiger partial charge is 0.348 e. The summed E-state index contributed by atoms with van der Waals surface area (Å²) in [5.41, 5.74) is 2.02. The van der Waals surface area contributed by atoms with E-state index in [0.29, 0.717) is 12.0 Å².